The first-order chi connectivity index (χ1) is 6.69. The Morgan fingerprint density at radius 1 is 1.79 bits per heavy atom. The summed E-state index contributed by atoms with van der Waals surface area (Å²) in [5.74, 6) is -0.203. The first kappa shape index (κ1) is 11.0. The second-order valence-corrected chi connectivity index (χ2v) is 3.80. The summed E-state index contributed by atoms with van der Waals surface area (Å²) in [5.41, 5.74) is 0. The van der Waals surface area contributed by atoms with E-state index in [1.54, 1.807) is 11.8 Å². The van der Waals surface area contributed by atoms with Crippen LogP contribution in [0.2, 0.25) is 0 Å². The lowest BCUT2D eigenvalue weighted by Crippen LogP contribution is -2.32. The van der Waals surface area contributed by atoms with Crippen LogP contribution in [0.1, 0.15) is 19.8 Å². The van der Waals surface area contributed by atoms with Crippen molar-refractivity contribution in [2.75, 3.05) is 19.7 Å². The summed E-state index contributed by atoms with van der Waals surface area (Å²) >= 11 is 0. The van der Waals surface area contributed by atoms with E-state index in [9.17, 15) is 4.79 Å². The van der Waals surface area contributed by atoms with Crippen molar-refractivity contribution in [1.82, 2.24) is 4.90 Å². The van der Waals surface area contributed by atoms with Crippen molar-refractivity contribution < 1.29 is 9.90 Å². The molecule has 1 aliphatic rings. The molecule has 0 aromatic heterocycles. The highest BCUT2D eigenvalue weighted by Gasteiger charge is 2.28. The maximum Gasteiger partial charge on any atom is 0.239 e. The number of amides is 1. The fraction of sp³-hybridized carbons (Fsp3) is 0.800. The van der Waals surface area contributed by atoms with Crippen LogP contribution in [0.3, 0.4) is 0 Å². The molecule has 1 rings (SSSR count). The normalized spacial score (nSPS) is 23.2. The smallest absolute Gasteiger partial charge is 0.239 e. The minimum atomic E-state index is -0.539. The van der Waals surface area contributed by atoms with Crippen LogP contribution in [-0.4, -0.2) is 35.6 Å². The highest BCUT2D eigenvalue weighted by Crippen LogP contribution is 2.20. The molecule has 0 aliphatic carbocycles. The van der Waals surface area contributed by atoms with Gasteiger partial charge in [-0.2, -0.15) is 5.26 Å². The molecule has 0 saturated carbocycles. The Morgan fingerprint density at radius 2 is 2.50 bits per heavy atom. The fourth-order valence-corrected chi connectivity index (χ4v) is 1.78. The Balaban J connectivity index is 2.42. The molecule has 1 heterocycles. The molecule has 1 fully saturated rings. The van der Waals surface area contributed by atoms with Gasteiger partial charge in [-0.15, -0.1) is 0 Å². The highest BCUT2D eigenvalue weighted by atomic mass is 16.3. The van der Waals surface area contributed by atoms with Crippen molar-refractivity contribution in [1.29, 1.82) is 5.26 Å². The van der Waals surface area contributed by atoms with Gasteiger partial charge in [-0.05, 0) is 25.7 Å². The Bertz CT molecular complexity index is 247. The summed E-state index contributed by atoms with van der Waals surface area (Å²) in [5, 5.41) is 17.3. The van der Waals surface area contributed by atoms with Gasteiger partial charge in [-0.1, -0.05) is 0 Å². The van der Waals surface area contributed by atoms with Gasteiger partial charge in [0.15, 0.2) is 0 Å². The SMILES string of the molecule is CC(C#N)C(=O)N1CCC(CCO)C1. The third-order valence-electron chi connectivity index (χ3n) is 2.70. The zero-order valence-corrected chi connectivity index (χ0v) is 8.44. The van der Waals surface area contributed by atoms with Gasteiger partial charge in [0.05, 0.1) is 6.07 Å². The number of aliphatic hydroxyl groups is 1. The number of aliphatic hydroxyl groups excluding tert-OH is 1. The predicted molar refractivity (Wildman–Crippen MR) is 51.2 cm³/mol. The first-order valence-electron chi connectivity index (χ1n) is 4.98. The maximum atomic E-state index is 11.6. The molecule has 2 unspecified atom stereocenters. The van der Waals surface area contributed by atoms with E-state index in [-0.39, 0.29) is 12.5 Å². The number of hydrogen-bond acceptors (Lipinski definition) is 3. The molecule has 0 radical (unpaired) electrons. The van der Waals surface area contributed by atoms with E-state index in [2.05, 4.69) is 0 Å². The minimum absolute atomic E-state index is 0.0760. The maximum absolute atomic E-state index is 11.6. The van der Waals surface area contributed by atoms with Gasteiger partial charge >= 0.3 is 0 Å². The molecule has 0 aromatic carbocycles. The third-order valence-corrected chi connectivity index (χ3v) is 2.70. The average molecular weight is 196 g/mol. The predicted octanol–water partition coefficient (Wildman–Crippen LogP) is 0.377. The summed E-state index contributed by atoms with van der Waals surface area (Å²) in [7, 11) is 0. The number of hydrogen-bond donors (Lipinski definition) is 1. The summed E-state index contributed by atoms with van der Waals surface area (Å²) in [6, 6.07) is 1.95. The van der Waals surface area contributed by atoms with Crippen LogP contribution in [-0.2, 0) is 4.79 Å². The Hall–Kier alpha value is -1.08. The van der Waals surface area contributed by atoms with Crippen molar-refractivity contribution in [2.45, 2.75) is 19.8 Å². The van der Waals surface area contributed by atoms with Gasteiger partial charge in [0.1, 0.15) is 5.92 Å². The molecular weight excluding hydrogens is 180 g/mol. The van der Waals surface area contributed by atoms with Crippen LogP contribution >= 0.6 is 0 Å². The highest BCUT2D eigenvalue weighted by molar-refractivity contribution is 5.81. The molecule has 1 amide bonds. The number of likely N-dealkylation sites (tertiary alicyclic amines) is 1. The molecule has 1 N–H and O–H groups in total. The second-order valence-electron chi connectivity index (χ2n) is 3.80. The van der Waals surface area contributed by atoms with Gasteiger partial charge in [0.25, 0.3) is 0 Å². The Morgan fingerprint density at radius 3 is 3.07 bits per heavy atom. The van der Waals surface area contributed by atoms with Crippen molar-refractivity contribution in [3.63, 3.8) is 0 Å². The van der Waals surface area contributed by atoms with Crippen molar-refractivity contribution in [2.24, 2.45) is 11.8 Å². The fourth-order valence-electron chi connectivity index (χ4n) is 1.78. The zero-order chi connectivity index (χ0) is 10.6. The van der Waals surface area contributed by atoms with Crippen LogP contribution in [0.5, 0.6) is 0 Å². The molecule has 78 valence electrons. The lowest BCUT2D eigenvalue weighted by molar-refractivity contribution is -0.132. The van der Waals surface area contributed by atoms with E-state index >= 15 is 0 Å². The van der Waals surface area contributed by atoms with Crippen LogP contribution in [0.25, 0.3) is 0 Å². The van der Waals surface area contributed by atoms with Gasteiger partial charge in [0, 0.05) is 19.7 Å². The van der Waals surface area contributed by atoms with Crippen molar-refractivity contribution in [3.05, 3.63) is 0 Å². The van der Waals surface area contributed by atoms with Crippen LogP contribution in [0, 0.1) is 23.2 Å². The Kier molecular flexibility index (Phi) is 3.90. The van der Waals surface area contributed by atoms with Crippen LogP contribution in [0.4, 0.5) is 0 Å². The van der Waals surface area contributed by atoms with Crippen molar-refractivity contribution in [3.8, 4) is 6.07 Å². The van der Waals surface area contributed by atoms with E-state index in [0.29, 0.717) is 12.5 Å². The molecule has 4 heteroatoms. The topological polar surface area (TPSA) is 64.3 Å². The van der Waals surface area contributed by atoms with E-state index in [1.165, 1.54) is 0 Å². The van der Waals surface area contributed by atoms with E-state index in [0.717, 1.165) is 19.4 Å². The number of nitriles is 1. The zero-order valence-electron chi connectivity index (χ0n) is 8.44. The summed E-state index contributed by atoms with van der Waals surface area (Å²) in [6.07, 6.45) is 1.70. The number of carbonyl (C=O) groups is 1. The number of rotatable bonds is 3. The molecule has 0 spiro atoms. The average Bonchev–Trinajstić information content (AvgIpc) is 2.64. The lowest BCUT2D eigenvalue weighted by atomic mass is 10.1. The van der Waals surface area contributed by atoms with E-state index < -0.39 is 5.92 Å². The molecule has 0 bridgehead atoms. The summed E-state index contributed by atoms with van der Waals surface area (Å²) in [6.45, 7) is 3.24. The molecule has 2 atom stereocenters. The second kappa shape index (κ2) is 4.97. The van der Waals surface area contributed by atoms with Crippen molar-refractivity contribution >= 4 is 5.91 Å². The molecule has 1 aliphatic heterocycles. The van der Waals surface area contributed by atoms with E-state index in [4.69, 9.17) is 10.4 Å². The van der Waals surface area contributed by atoms with Gasteiger partial charge in [-0.3, -0.25) is 4.79 Å². The van der Waals surface area contributed by atoms with Gasteiger partial charge in [-0.25, -0.2) is 0 Å². The minimum Gasteiger partial charge on any atom is -0.396 e. The standard InChI is InChI=1S/C10H16N2O2/c1-8(6-11)10(14)12-4-2-9(7-12)3-5-13/h8-9,13H,2-5,7H2,1H3. The molecular formula is C10H16N2O2. The van der Waals surface area contributed by atoms with Crippen LogP contribution < -0.4 is 0 Å². The lowest BCUT2D eigenvalue weighted by Gasteiger charge is -2.17. The molecule has 1 saturated heterocycles. The summed E-state index contributed by atoms with van der Waals surface area (Å²) in [4.78, 5) is 13.3. The molecule has 14 heavy (non-hydrogen) atoms. The number of carbonyl (C=O) groups excluding carboxylic acids is 1. The molecule has 0 aromatic rings. The van der Waals surface area contributed by atoms with Gasteiger partial charge < -0.3 is 10.0 Å². The van der Waals surface area contributed by atoms with E-state index in [1.807, 2.05) is 6.07 Å². The monoisotopic (exact) mass is 196 g/mol. The molecule has 4 nitrogen and oxygen atoms in total. The Labute approximate surface area is 84.1 Å². The third kappa shape index (κ3) is 2.46. The largest absolute Gasteiger partial charge is 0.396 e. The van der Waals surface area contributed by atoms with Gasteiger partial charge in [0.2, 0.25) is 5.91 Å². The number of nitrogens with zero attached hydrogens (tertiary/aromatic N) is 2. The quantitative estimate of drug-likeness (QED) is 0.709. The summed E-state index contributed by atoms with van der Waals surface area (Å²) < 4.78 is 0. The first-order valence-corrected chi connectivity index (χ1v) is 4.98. The van der Waals surface area contributed by atoms with Crippen LogP contribution in [0.15, 0.2) is 0 Å².